The average molecular weight is 393 g/mol. The van der Waals surface area contributed by atoms with E-state index in [2.05, 4.69) is 35.8 Å². The third-order valence-corrected chi connectivity index (χ3v) is 5.70. The van der Waals surface area contributed by atoms with Crippen molar-refractivity contribution in [3.8, 4) is 12.3 Å². The molecular weight excluding hydrogens is 368 g/mol. The van der Waals surface area contributed by atoms with Gasteiger partial charge in [-0.05, 0) is 26.3 Å². The summed E-state index contributed by atoms with van der Waals surface area (Å²) in [6, 6.07) is 1.82. The highest BCUT2D eigenvalue weighted by Crippen LogP contribution is 2.35. The van der Waals surface area contributed by atoms with Crippen molar-refractivity contribution < 1.29 is 0 Å². The maximum atomic E-state index is 13.1. The van der Waals surface area contributed by atoms with Gasteiger partial charge in [0.05, 0.1) is 35.5 Å². The summed E-state index contributed by atoms with van der Waals surface area (Å²) >= 11 is 1.38. The van der Waals surface area contributed by atoms with Crippen LogP contribution in [0.2, 0.25) is 0 Å². The molecule has 3 aromatic heterocycles. The number of rotatable bonds is 6. The summed E-state index contributed by atoms with van der Waals surface area (Å²) in [5, 5.41) is 0.884. The minimum absolute atomic E-state index is 0.0483. The second-order valence-corrected chi connectivity index (χ2v) is 7.76. The molecule has 3 heterocycles. The Bertz CT molecular complexity index is 1160. The minimum Gasteiger partial charge on any atom is -0.363 e. The molecule has 0 aliphatic carbocycles. The number of pyridine rings is 1. The van der Waals surface area contributed by atoms with E-state index in [0.717, 1.165) is 22.3 Å². The number of aromatic nitrogens is 3. The van der Waals surface area contributed by atoms with Crippen LogP contribution in [0.4, 0.5) is 5.69 Å². The average Bonchev–Trinajstić information content (AvgIpc) is 3.06. The van der Waals surface area contributed by atoms with E-state index >= 15 is 0 Å². The Morgan fingerprint density at radius 1 is 1.46 bits per heavy atom. The standard InChI is InChI=1S/C22H24N4OS/c1-6-8-15(3)9-10-16(4)26-14-24-19-18-17(25(5)13-7-2)11-12-23-21(18)28-20(19)22(26)27/h2,8-12,14,16H,6,13H2,1,3-5H3/b10-9-,15-8-. The first-order valence-corrected chi connectivity index (χ1v) is 10.1. The number of fused-ring (bicyclic) bond motifs is 3. The van der Waals surface area contributed by atoms with Gasteiger partial charge in [0.2, 0.25) is 0 Å². The second kappa shape index (κ2) is 8.41. The van der Waals surface area contributed by atoms with Gasteiger partial charge in [-0.1, -0.05) is 36.6 Å². The first-order chi connectivity index (χ1) is 13.5. The molecular formula is C22H24N4OS. The highest BCUT2D eigenvalue weighted by atomic mass is 32.1. The van der Waals surface area contributed by atoms with E-state index < -0.39 is 0 Å². The molecule has 0 N–H and O–H groups in total. The first kappa shape index (κ1) is 19.8. The summed E-state index contributed by atoms with van der Waals surface area (Å²) < 4.78 is 2.28. The number of thiophene rings is 1. The van der Waals surface area contributed by atoms with Crippen LogP contribution in [0, 0.1) is 12.3 Å². The van der Waals surface area contributed by atoms with Crippen molar-refractivity contribution in [2.45, 2.75) is 33.2 Å². The van der Waals surface area contributed by atoms with Crippen LogP contribution in [0.15, 0.2) is 47.2 Å². The van der Waals surface area contributed by atoms with Gasteiger partial charge in [-0.25, -0.2) is 9.97 Å². The molecule has 144 valence electrons. The van der Waals surface area contributed by atoms with Crippen LogP contribution in [0.25, 0.3) is 20.4 Å². The summed E-state index contributed by atoms with van der Waals surface area (Å²) in [4.78, 5) is 25.0. The molecule has 0 aliphatic rings. The third kappa shape index (κ3) is 3.71. The van der Waals surface area contributed by atoms with Crippen LogP contribution >= 0.6 is 11.3 Å². The molecule has 1 unspecified atom stereocenters. The maximum Gasteiger partial charge on any atom is 0.271 e. The molecule has 0 aromatic carbocycles. The van der Waals surface area contributed by atoms with Gasteiger partial charge in [0.25, 0.3) is 5.56 Å². The van der Waals surface area contributed by atoms with Gasteiger partial charge in [-0.3, -0.25) is 9.36 Å². The molecule has 6 heteroatoms. The van der Waals surface area contributed by atoms with Gasteiger partial charge in [0.1, 0.15) is 9.53 Å². The Labute approximate surface area is 169 Å². The quantitative estimate of drug-likeness (QED) is 0.456. The lowest BCUT2D eigenvalue weighted by molar-refractivity contribution is 0.628. The normalized spacial score (nSPS) is 13.3. The Balaban J connectivity index is 2.12. The summed E-state index contributed by atoms with van der Waals surface area (Å²) in [5.74, 6) is 2.65. The van der Waals surface area contributed by atoms with Gasteiger partial charge in [-0.15, -0.1) is 17.8 Å². The van der Waals surface area contributed by atoms with Crippen LogP contribution in [-0.4, -0.2) is 28.1 Å². The van der Waals surface area contributed by atoms with Crippen molar-refractivity contribution in [1.82, 2.24) is 14.5 Å². The molecule has 0 radical (unpaired) electrons. The molecule has 28 heavy (non-hydrogen) atoms. The highest BCUT2D eigenvalue weighted by Gasteiger charge is 2.18. The Hall–Kier alpha value is -2.91. The number of allylic oxidation sites excluding steroid dienone is 4. The molecule has 0 saturated carbocycles. The van der Waals surface area contributed by atoms with E-state index in [4.69, 9.17) is 6.42 Å². The lowest BCUT2D eigenvalue weighted by Gasteiger charge is -2.17. The lowest BCUT2D eigenvalue weighted by atomic mass is 10.2. The van der Waals surface area contributed by atoms with Crippen molar-refractivity contribution in [1.29, 1.82) is 0 Å². The SMILES string of the molecule is C#CCN(C)c1ccnc2sc3c(=O)n(C(C)/C=C\C(C)=C/CC)cnc3c12. The monoisotopic (exact) mass is 392 g/mol. The minimum atomic E-state index is -0.0913. The zero-order chi connectivity index (χ0) is 20.3. The van der Waals surface area contributed by atoms with Gasteiger partial charge >= 0.3 is 0 Å². The van der Waals surface area contributed by atoms with Gasteiger partial charge < -0.3 is 4.90 Å². The molecule has 3 rings (SSSR count). The Kier molecular flexibility index (Phi) is 5.96. The maximum absolute atomic E-state index is 13.1. The van der Waals surface area contributed by atoms with Gasteiger partial charge in [0, 0.05) is 13.2 Å². The zero-order valence-electron chi connectivity index (χ0n) is 16.6. The molecule has 1 atom stereocenters. The molecule has 0 saturated heterocycles. The summed E-state index contributed by atoms with van der Waals surface area (Å²) in [7, 11) is 1.93. The Morgan fingerprint density at radius 3 is 2.96 bits per heavy atom. The number of terminal acetylenes is 1. The highest BCUT2D eigenvalue weighted by molar-refractivity contribution is 7.25. The summed E-state index contributed by atoms with van der Waals surface area (Å²) in [6.07, 6.45) is 16.0. The second-order valence-electron chi connectivity index (χ2n) is 6.76. The van der Waals surface area contributed by atoms with E-state index in [-0.39, 0.29) is 11.6 Å². The van der Waals surface area contributed by atoms with Gasteiger partial charge in [-0.2, -0.15) is 0 Å². The fourth-order valence-corrected chi connectivity index (χ4v) is 4.21. The van der Waals surface area contributed by atoms with E-state index in [9.17, 15) is 4.79 Å². The van der Waals surface area contributed by atoms with Crippen molar-refractivity contribution >= 4 is 37.5 Å². The molecule has 0 fully saturated rings. The molecule has 0 aliphatic heterocycles. The zero-order valence-corrected chi connectivity index (χ0v) is 17.5. The summed E-state index contributed by atoms with van der Waals surface area (Å²) in [6.45, 7) is 6.62. The summed E-state index contributed by atoms with van der Waals surface area (Å²) in [5.41, 5.74) is 2.76. The first-order valence-electron chi connectivity index (χ1n) is 9.25. The van der Waals surface area contributed by atoms with Crippen molar-refractivity contribution in [3.63, 3.8) is 0 Å². The van der Waals surface area contributed by atoms with Crippen LogP contribution in [0.3, 0.4) is 0 Å². The van der Waals surface area contributed by atoms with Crippen molar-refractivity contribution in [2.24, 2.45) is 0 Å². The number of anilines is 1. The van der Waals surface area contributed by atoms with Crippen molar-refractivity contribution in [2.75, 3.05) is 18.5 Å². The predicted molar refractivity (Wildman–Crippen MR) is 119 cm³/mol. The number of hydrogen-bond donors (Lipinski definition) is 0. The largest absolute Gasteiger partial charge is 0.363 e. The van der Waals surface area contributed by atoms with Crippen LogP contribution < -0.4 is 10.5 Å². The number of hydrogen-bond acceptors (Lipinski definition) is 5. The molecule has 0 amide bonds. The van der Waals surface area contributed by atoms with E-state index in [0.29, 0.717) is 16.8 Å². The number of nitrogens with zero attached hydrogens (tertiary/aromatic N) is 4. The predicted octanol–water partition coefficient (Wildman–Crippen LogP) is 4.55. The van der Waals surface area contributed by atoms with Crippen LogP contribution in [0.1, 0.15) is 33.2 Å². The fraction of sp³-hybridized carbons (Fsp3) is 0.318. The lowest BCUT2D eigenvalue weighted by Crippen LogP contribution is -2.22. The van der Waals surface area contributed by atoms with E-state index in [1.165, 1.54) is 16.9 Å². The van der Waals surface area contributed by atoms with Crippen molar-refractivity contribution in [3.05, 3.63) is 52.7 Å². The molecule has 0 spiro atoms. The van der Waals surface area contributed by atoms with Crippen LogP contribution in [-0.2, 0) is 0 Å². The topological polar surface area (TPSA) is 51.0 Å². The Morgan fingerprint density at radius 2 is 2.25 bits per heavy atom. The molecule has 3 aromatic rings. The molecule has 5 nitrogen and oxygen atoms in total. The van der Waals surface area contributed by atoms with E-state index in [1.54, 1.807) is 17.1 Å². The fourth-order valence-electron chi connectivity index (χ4n) is 3.15. The third-order valence-electron chi connectivity index (χ3n) is 4.63. The van der Waals surface area contributed by atoms with Gasteiger partial charge in [0.15, 0.2) is 0 Å². The molecule has 0 bridgehead atoms. The van der Waals surface area contributed by atoms with E-state index in [1.807, 2.05) is 37.1 Å². The van der Waals surface area contributed by atoms with Crippen LogP contribution in [0.5, 0.6) is 0 Å². The smallest absolute Gasteiger partial charge is 0.271 e.